The van der Waals surface area contributed by atoms with E-state index >= 15 is 0 Å². The van der Waals surface area contributed by atoms with E-state index in [0.717, 1.165) is 158 Å². The first-order chi connectivity index (χ1) is 58.1. The lowest BCUT2D eigenvalue weighted by Crippen LogP contribution is -2.46. The summed E-state index contributed by atoms with van der Waals surface area (Å²) in [6, 6.07) is 40.9. The standard InChI is InChI=1S/C25H27N5S.C24H28N4O2.C22H25FN4O.C22H24N6S/c1-2-12-29(13-3-1)19-9-14-30(15-10-19)25-28-24-23(31-25)16-18(17-27-24)20-6-4-8-22-21(20)7-5-11-26-22;1-17(29)18-5-7-19(8-6-18)20-15-22-23(25-16-20)26-24(30-22)28-13-9-21(10-14-28)27-11-3-2-4-12-27;23-18-6-4-16(5-7-18)17-14-20-21(24-15-17)25-22(28-20)27-12-8-19(9-13-27)26-10-2-1-3-11-26;23-12-16-10-17(14-24-13-16)18-11-20-21(25-15-18)26-22(29-20)28-8-4-19(5-9-28)27-6-2-1-3-7-27/h4-8,11,16-17,19H,1-3,9-10,12-15H2;5-8,15-16,21H,2-4,9-14H2,1H3;4-7,14-15,19H,1-3,8-13H2;10-11,13-15,19H,1-9H2. The summed E-state index contributed by atoms with van der Waals surface area (Å²) in [4.78, 5) is 77.5. The van der Waals surface area contributed by atoms with Gasteiger partial charge in [-0.25, -0.2) is 24.3 Å². The van der Waals surface area contributed by atoms with Gasteiger partial charge in [0.05, 0.1) is 20.5 Å². The van der Waals surface area contributed by atoms with Crippen LogP contribution in [0.25, 0.3) is 98.6 Å². The Bertz CT molecular complexity index is 5590. The molecule has 10 aromatic heterocycles. The van der Waals surface area contributed by atoms with Gasteiger partial charge in [0.2, 0.25) is 11.3 Å². The smallest absolute Gasteiger partial charge is 0.299 e. The number of ketones is 1. The first-order valence-electron chi connectivity index (χ1n) is 43.2. The average Bonchev–Trinajstić information content (AvgIpc) is 1.60. The summed E-state index contributed by atoms with van der Waals surface area (Å²) in [6.07, 6.45) is 38.6. The van der Waals surface area contributed by atoms with Crippen molar-refractivity contribution in [3.05, 3.63) is 170 Å². The molecule has 8 aliphatic rings. The van der Waals surface area contributed by atoms with Crippen molar-refractivity contribution in [2.75, 3.05) is 124 Å². The zero-order chi connectivity index (χ0) is 79.7. The fraction of sp³-hybridized carbons (Fsp3) is 0.441. The highest BCUT2D eigenvalue weighted by Crippen LogP contribution is 2.39. The number of hydrogen-bond donors (Lipinski definition) is 0. The van der Waals surface area contributed by atoms with Gasteiger partial charge in [-0.15, -0.1) is 0 Å². The van der Waals surface area contributed by atoms with Crippen molar-refractivity contribution < 1.29 is 18.0 Å². The number of benzene rings is 3. The monoisotopic (exact) mass is 1620 g/mol. The van der Waals surface area contributed by atoms with Gasteiger partial charge in [0.25, 0.3) is 12.0 Å². The molecular weight excluding hydrogens is 1510 g/mol. The molecule has 0 bridgehead atoms. The van der Waals surface area contributed by atoms with Crippen molar-refractivity contribution in [1.82, 2.24) is 69.4 Å². The van der Waals surface area contributed by atoms with Gasteiger partial charge >= 0.3 is 0 Å². The second-order valence-corrected chi connectivity index (χ2v) is 35.0. The van der Waals surface area contributed by atoms with Gasteiger partial charge in [0.15, 0.2) is 38.5 Å². The maximum atomic E-state index is 13.2. The first-order valence-corrected chi connectivity index (χ1v) is 44.8. The van der Waals surface area contributed by atoms with E-state index < -0.39 is 0 Å². The number of nitriles is 1. The van der Waals surface area contributed by atoms with E-state index in [4.69, 9.17) is 29.0 Å². The Balaban J connectivity index is 0.000000108. The Morgan fingerprint density at radius 2 is 0.814 bits per heavy atom. The van der Waals surface area contributed by atoms with Crippen LogP contribution in [0.2, 0.25) is 0 Å². The van der Waals surface area contributed by atoms with Crippen LogP contribution >= 0.6 is 22.7 Å². The van der Waals surface area contributed by atoms with Crippen LogP contribution in [-0.4, -0.2) is 204 Å². The zero-order valence-corrected chi connectivity index (χ0v) is 69.2. The number of nitrogens with zero attached hydrogens (tertiary/aromatic N) is 19. The second-order valence-electron chi connectivity index (χ2n) is 33.0. The van der Waals surface area contributed by atoms with Crippen LogP contribution < -0.4 is 19.6 Å². The minimum absolute atomic E-state index is 0.0686. The third-order valence-electron chi connectivity index (χ3n) is 25.5. The van der Waals surface area contributed by atoms with Crippen molar-refractivity contribution in [2.24, 2.45) is 0 Å². The van der Waals surface area contributed by atoms with E-state index in [0.29, 0.717) is 57.7 Å². The van der Waals surface area contributed by atoms with Gasteiger partial charge in [-0.1, -0.05) is 103 Å². The minimum atomic E-state index is -0.243. The summed E-state index contributed by atoms with van der Waals surface area (Å²) in [5.41, 5.74) is 14.6. The van der Waals surface area contributed by atoms with Crippen LogP contribution in [-0.2, 0) is 0 Å². The fourth-order valence-corrected chi connectivity index (χ4v) is 20.8. The molecule has 0 amide bonds. The number of anilines is 4. The van der Waals surface area contributed by atoms with Gasteiger partial charge in [-0.05, 0) is 233 Å². The van der Waals surface area contributed by atoms with E-state index in [1.54, 1.807) is 60.3 Å². The van der Waals surface area contributed by atoms with Crippen LogP contribution in [0.15, 0.2) is 161 Å². The number of thiazole rings is 2. The summed E-state index contributed by atoms with van der Waals surface area (Å²) >= 11 is 3.49. The third kappa shape index (κ3) is 18.4. The van der Waals surface area contributed by atoms with Crippen LogP contribution in [0.5, 0.6) is 0 Å². The van der Waals surface area contributed by atoms with Crippen molar-refractivity contribution >= 4 is 105 Å². The topological polar surface area (TPSA) is 222 Å². The van der Waals surface area contributed by atoms with Crippen LogP contribution in [0.1, 0.15) is 151 Å². The maximum Gasteiger partial charge on any atom is 0.299 e. The first kappa shape index (κ1) is 78.8. The molecule has 608 valence electrons. The van der Waals surface area contributed by atoms with Gasteiger partial charge in [0, 0.05) is 159 Å². The highest BCUT2D eigenvalue weighted by Gasteiger charge is 2.33. The van der Waals surface area contributed by atoms with Crippen molar-refractivity contribution in [1.29, 1.82) is 5.26 Å². The molecule has 0 radical (unpaired) electrons. The predicted octanol–water partition coefficient (Wildman–Crippen LogP) is 18.5. The molecule has 22 nitrogen and oxygen atoms in total. The number of pyridine rings is 6. The van der Waals surface area contributed by atoms with Crippen LogP contribution in [0, 0.1) is 17.1 Å². The zero-order valence-electron chi connectivity index (χ0n) is 67.6. The molecule has 0 aliphatic carbocycles. The Morgan fingerprint density at radius 1 is 0.407 bits per heavy atom. The molecule has 118 heavy (non-hydrogen) atoms. The Labute approximate surface area is 697 Å². The molecule has 0 saturated carbocycles. The maximum absolute atomic E-state index is 13.2. The Kier molecular flexibility index (Phi) is 24.6. The van der Waals surface area contributed by atoms with E-state index in [2.05, 4.69) is 117 Å². The van der Waals surface area contributed by atoms with Gasteiger partial charge in [-0.3, -0.25) is 14.8 Å². The number of carbonyl (C=O) groups excluding carboxylic acids is 1. The van der Waals surface area contributed by atoms with Gasteiger partial charge in [-0.2, -0.15) is 25.2 Å². The summed E-state index contributed by atoms with van der Waals surface area (Å²) in [5.74, 6) is -0.174. The average molecular weight is 1620 g/mol. The lowest BCUT2D eigenvalue weighted by atomic mass is 10.0. The van der Waals surface area contributed by atoms with Gasteiger partial charge in [0.1, 0.15) is 11.9 Å². The number of hydrogen-bond acceptors (Lipinski definition) is 24. The number of rotatable bonds is 13. The number of aromatic nitrogens is 10. The Morgan fingerprint density at radius 3 is 1.26 bits per heavy atom. The summed E-state index contributed by atoms with van der Waals surface area (Å²) in [7, 11) is 0. The molecule has 0 atom stereocenters. The molecular formula is C93H104FN19O3S2. The lowest BCUT2D eigenvalue weighted by Gasteiger charge is -2.40. The number of piperidine rings is 8. The van der Waals surface area contributed by atoms with E-state index in [-0.39, 0.29) is 11.6 Å². The normalized spacial score (nSPS) is 18.9. The molecule has 8 aliphatic heterocycles. The quantitative estimate of drug-likeness (QED) is 0.0979. The van der Waals surface area contributed by atoms with Gasteiger partial charge < -0.3 is 48.0 Å². The molecule has 18 heterocycles. The largest absolute Gasteiger partial charge is 0.422 e. The SMILES string of the molecule is CC(=O)c1ccc(-c2cnc3nc(N4CCC(N5CCCCC5)CC4)oc3c2)cc1.Fc1ccc(-c2cnc3nc(N4CCC(N5CCCCC5)CC4)oc3c2)cc1.N#Cc1cncc(-c2cnc3nc(N4CCC(N5CCCCC5)CC4)sc3c2)c1.c1cc(-c2cnc3nc(N4CCC(N5CCCCC5)CC4)sc3c2)c2cccnc2c1. The molecule has 0 unspecified atom stereocenters. The lowest BCUT2D eigenvalue weighted by molar-refractivity contribution is 0.101. The molecule has 3 aromatic carbocycles. The molecule has 25 heteroatoms. The molecule has 13 aromatic rings. The predicted molar refractivity (Wildman–Crippen MR) is 471 cm³/mol. The van der Waals surface area contributed by atoms with Crippen molar-refractivity contribution in [2.45, 2.75) is 160 Å². The van der Waals surface area contributed by atoms with Crippen molar-refractivity contribution in [3.63, 3.8) is 0 Å². The highest BCUT2D eigenvalue weighted by molar-refractivity contribution is 7.22. The summed E-state index contributed by atoms with van der Waals surface area (Å²) in [6.45, 7) is 20.0. The number of fused-ring (bicyclic) bond motifs is 5. The molecule has 0 spiro atoms. The van der Waals surface area contributed by atoms with E-state index in [1.165, 1.54) is 186 Å². The van der Waals surface area contributed by atoms with Crippen molar-refractivity contribution in [3.8, 4) is 50.6 Å². The minimum Gasteiger partial charge on any atom is -0.422 e. The highest BCUT2D eigenvalue weighted by atomic mass is 32.1. The molecule has 21 rings (SSSR count). The third-order valence-corrected chi connectivity index (χ3v) is 27.6. The number of oxazole rings is 2. The Hall–Kier alpha value is -10.3. The van der Waals surface area contributed by atoms with Crippen LogP contribution in [0.4, 0.5) is 26.7 Å². The molecule has 0 N–H and O–H groups in total. The van der Waals surface area contributed by atoms with E-state index in [1.807, 2.05) is 73.3 Å². The molecule has 8 saturated heterocycles. The molecule has 8 fully saturated rings. The van der Waals surface area contributed by atoms with Crippen LogP contribution in [0.3, 0.4) is 0 Å². The summed E-state index contributed by atoms with van der Waals surface area (Å²) < 4.78 is 27.5. The van der Waals surface area contributed by atoms with E-state index in [9.17, 15) is 9.18 Å². The second kappa shape index (κ2) is 36.9. The number of likely N-dealkylation sites (tertiary alicyclic amines) is 4. The number of halogens is 1. The number of Topliss-reactive ketones (excluding diaryl/α,β-unsaturated/α-hetero) is 1. The summed E-state index contributed by atoms with van der Waals surface area (Å²) in [5, 5.41) is 12.5. The number of carbonyl (C=O) groups is 1. The fourth-order valence-electron chi connectivity index (χ4n) is 18.8.